The molecule has 0 aliphatic heterocycles. The minimum absolute atomic E-state index is 0.0812. The summed E-state index contributed by atoms with van der Waals surface area (Å²) >= 11 is 3.00. The van der Waals surface area contributed by atoms with Crippen LogP contribution in [0.5, 0.6) is 0 Å². The molecule has 0 radical (unpaired) electrons. The summed E-state index contributed by atoms with van der Waals surface area (Å²) in [6.07, 6.45) is 6.55. The third-order valence-electron chi connectivity index (χ3n) is 6.21. The van der Waals surface area contributed by atoms with Gasteiger partial charge in [0, 0.05) is 5.54 Å². The summed E-state index contributed by atoms with van der Waals surface area (Å²) < 4.78 is 0.854. The Labute approximate surface area is 165 Å². The largest absolute Gasteiger partial charge is 0.350 e. The maximum atomic E-state index is 12.7. The number of carbonyl (C=O) groups is 1. The molecule has 4 aliphatic carbocycles. The first-order valence-electron chi connectivity index (χ1n) is 9.45. The molecule has 0 saturated heterocycles. The van der Waals surface area contributed by atoms with Crippen molar-refractivity contribution in [1.82, 2.24) is 35.7 Å². The molecule has 1 amide bonds. The molecule has 2 heterocycles. The van der Waals surface area contributed by atoms with E-state index in [4.69, 9.17) is 0 Å². The average molecular weight is 406 g/mol. The van der Waals surface area contributed by atoms with E-state index in [1.807, 2.05) is 18.6 Å². The van der Waals surface area contributed by atoms with Crippen molar-refractivity contribution in [3.8, 4) is 0 Å². The van der Waals surface area contributed by atoms with Crippen molar-refractivity contribution in [2.24, 2.45) is 11.8 Å². The summed E-state index contributed by atoms with van der Waals surface area (Å²) in [5.41, 5.74) is -0.206. The van der Waals surface area contributed by atoms with E-state index < -0.39 is 0 Å². The molecule has 144 valence electrons. The lowest BCUT2D eigenvalue weighted by Crippen LogP contribution is -2.66. The first-order chi connectivity index (χ1) is 12.9. The van der Waals surface area contributed by atoms with Gasteiger partial charge in [-0.05, 0) is 69.4 Å². The van der Waals surface area contributed by atoms with Gasteiger partial charge in [-0.3, -0.25) is 4.79 Å². The zero-order valence-electron chi connectivity index (χ0n) is 15.5. The Morgan fingerprint density at radius 3 is 2.63 bits per heavy atom. The SMILES string of the molecule is Cc1nnn(C23CC4CC(CC(NC(=O)CSc5nnc(C)s5)(C4)C2)C3)n1. The molecule has 4 fully saturated rings. The molecule has 27 heavy (non-hydrogen) atoms. The lowest BCUT2D eigenvalue weighted by Gasteiger charge is -2.61. The highest BCUT2D eigenvalue weighted by molar-refractivity contribution is 8.01. The maximum Gasteiger partial charge on any atom is 0.230 e. The van der Waals surface area contributed by atoms with E-state index in [-0.39, 0.29) is 17.0 Å². The van der Waals surface area contributed by atoms with E-state index in [9.17, 15) is 4.79 Å². The van der Waals surface area contributed by atoms with Crippen LogP contribution in [0.3, 0.4) is 0 Å². The topological polar surface area (TPSA) is 98.5 Å². The van der Waals surface area contributed by atoms with Crippen LogP contribution in [0.1, 0.15) is 49.4 Å². The van der Waals surface area contributed by atoms with Crippen molar-refractivity contribution in [1.29, 1.82) is 0 Å². The summed E-state index contributed by atoms with van der Waals surface area (Å²) in [5.74, 6) is 2.47. The van der Waals surface area contributed by atoms with Gasteiger partial charge in [0.15, 0.2) is 10.2 Å². The normalized spacial score (nSPS) is 34.1. The van der Waals surface area contributed by atoms with Crippen molar-refractivity contribution >= 4 is 29.0 Å². The molecule has 10 heteroatoms. The molecule has 4 bridgehead atoms. The van der Waals surface area contributed by atoms with Gasteiger partial charge < -0.3 is 5.32 Å². The Bertz CT molecular complexity index is 864. The summed E-state index contributed by atoms with van der Waals surface area (Å²) in [5, 5.41) is 25.4. The van der Waals surface area contributed by atoms with Gasteiger partial charge in [-0.25, -0.2) is 0 Å². The standard InChI is InChI=1S/C17H23N7OS2/c1-10-19-23-24(22-10)17-6-12-3-13(7-17)5-16(4-12,9-17)18-14(25)8-26-15-21-20-11(2)27-15/h12-13H,3-9H2,1-2H3,(H,18,25). The Kier molecular flexibility index (Phi) is 4.05. The lowest BCUT2D eigenvalue weighted by molar-refractivity contribution is -0.129. The Balaban J connectivity index is 1.32. The van der Waals surface area contributed by atoms with E-state index in [0.717, 1.165) is 41.5 Å². The van der Waals surface area contributed by atoms with E-state index in [0.29, 0.717) is 23.4 Å². The number of aryl methyl sites for hydroxylation is 2. The average Bonchev–Trinajstić information content (AvgIpc) is 3.20. The number of nitrogens with one attached hydrogen (secondary N) is 1. The van der Waals surface area contributed by atoms with Gasteiger partial charge in [0.05, 0.1) is 11.3 Å². The first-order valence-corrected chi connectivity index (χ1v) is 11.2. The molecule has 1 N–H and O–H groups in total. The minimum Gasteiger partial charge on any atom is -0.350 e. The molecule has 2 atom stereocenters. The molecular weight excluding hydrogens is 382 g/mol. The summed E-state index contributed by atoms with van der Waals surface area (Å²) in [7, 11) is 0. The van der Waals surface area contributed by atoms with Gasteiger partial charge in [0.1, 0.15) is 5.01 Å². The van der Waals surface area contributed by atoms with Crippen LogP contribution < -0.4 is 5.32 Å². The fourth-order valence-corrected chi connectivity index (χ4v) is 7.49. The van der Waals surface area contributed by atoms with Crippen LogP contribution in [-0.2, 0) is 10.3 Å². The van der Waals surface area contributed by atoms with E-state index in [1.54, 1.807) is 0 Å². The second-order valence-electron chi connectivity index (χ2n) is 8.52. The maximum absolute atomic E-state index is 12.7. The lowest BCUT2D eigenvalue weighted by atomic mass is 9.50. The third-order valence-corrected chi connectivity index (χ3v) is 8.18. The number of carbonyl (C=O) groups excluding carboxylic acids is 1. The number of tetrazole rings is 1. The van der Waals surface area contributed by atoms with Crippen LogP contribution in [-0.4, -0.2) is 47.6 Å². The molecule has 0 aromatic carbocycles. The van der Waals surface area contributed by atoms with Gasteiger partial charge in [-0.1, -0.05) is 23.1 Å². The summed E-state index contributed by atoms with van der Waals surface area (Å²) in [6, 6.07) is 0. The summed E-state index contributed by atoms with van der Waals surface area (Å²) in [6.45, 7) is 3.81. The van der Waals surface area contributed by atoms with Crippen LogP contribution in [0, 0.1) is 25.7 Å². The predicted octanol–water partition coefficient (Wildman–Crippen LogP) is 2.10. The number of hydrogen-bond acceptors (Lipinski definition) is 8. The molecule has 8 nitrogen and oxygen atoms in total. The Morgan fingerprint density at radius 2 is 2.00 bits per heavy atom. The second-order valence-corrected chi connectivity index (χ2v) is 10.9. The smallest absolute Gasteiger partial charge is 0.230 e. The number of aromatic nitrogens is 6. The van der Waals surface area contributed by atoms with Gasteiger partial charge in [-0.2, -0.15) is 4.80 Å². The van der Waals surface area contributed by atoms with Crippen LogP contribution in [0.2, 0.25) is 0 Å². The molecule has 2 aromatic rings. The van der Waals surface area contributed by atoms with E-state index in [1.165, 1.54) is 29.5 Å². The van der Waals surface area contributed by atoms with Crippen LogP contribution in [0.15, 0.2) is 4.34 Å². The van der Waals surface area contributed by atoms with E-state index in [2.05, 4.69) is 30.9 Å². The van der Waals surface area contributed by atoms with Crippen molar-refractivity contribution in [3.05, 3.63) is 10.8 Å². The molecule has 2 aromatic heterocycles. The third kappa shape index (κ3) is 3.16. The molecule has 2 unspecified atom stereocenters. The van der Waals surface area contributed by atoms with Gasteiger partial charge in [-0.15, -0.1) is 20.4 Å². The highest BCUT2D eigenvalue weighted by atomic mass is 32.2. The van der Waals surface area contributed by atoms with Crippen molar-refractivity contribution < 1.29 is 4.79 Å². The van der Waals surface area contributed by atoms with Crippen LogP contribution in [0.25, 0.3) is 0 Å². The Morgan fingerprint density at radius 1 is 1.22 bits per heavy atom. The number of nitrogens with zero attached hydrogens (tertiary/aromatic N) is 6. The van der Waals surface area contributed by atoms with Crippen LogP contribution >= 0.6 is 23.1 Å². The van der Waals surface area contributed by atoms with Gasteiger partial charge in [0.2, 0.25) is 5.91 Å². The highest BCUT2D eigenvalue weighted by Gasteiger charge is 2.60. The first kappa shape index (κ1) is 17.5. The number of rotatable bonds is 5. The van der Waals surface area contributed by atoms with Gasteiger partial charge >= 0.3 is 0 Å². The Hall–Kier alpha value is -1.55. The molecule has 6 rings (SSSR count). The monoisotopic (exact) mass is 405 g/mol. The second kappa shape index (κ2) is 6.23. The number of hydrogen-bond donors (Lipinski definition) is 1. The van der Waals surface area contributed by atoms with Crippen molar-refractivity contribution in [2.75, 3.05) is 5.75 Å². The fourth-order valence-electron chi connectivity index (χ4n) is 5.88. The predicted molar refractivity (Wildman–Crippen MR) is 101 cm³/mol. The number of thioether (sulfide) groups is 1. The summed E-state index contributed by atoms with van der Waals surface area (Å²) in [4.78, 5) is 14.6. The van der Waals surface area contributed by atoms with E-state index >= 15 is 0 Å². The van der Waals surface area contributed by atoms with Crippen molar-refractivity contribution in [2.45, 2.75) is 67.8 Å². The molecule has 4 saturated carbocycles. The highest BCUT2D eigenvalue weighted by Crippen LogP contribution is 2.60. The minimum atomic E-state index is -0.125. The molecule has 4 aliphatic rings. The molecular formula is C17H23N7OS2. The quantitative estimate of drug-likeness (QED) is 0.761. The number of amides is 1. The molecule has 0 spiro atoms. The van der Waals surface area contributed by atoms with Crippen molar-refractivity contribution in [3.63, 3.8) is 0 Å². The fraction of sp³-hybridized carbons (Fsp3) is 0.765. The zero-order valence-corrected chi connectivity index (χ0v) is 17.1. The van der Waals surface area contributed by atoms with Crippen LogP contribution in [0.4, 0.5) is 0 Å². The zero-order chi connectivity index (χ0) is 18.6. The van der Waals surface area contributed by atoms with Gasteiger partial charge in [0.25, 0.3) is 0 Å².